The summed E-state index contributed by atoms with van der Waals surface area (Å²) in [5, 5.41) is 10.6. The first-order valence-corrected chi connectivity index (χ1v) is 6.64. The van der Waals surface area contributed by atoms with Gasteiger partial charge >= 0.3 is 0 Å². The van der Waals surface area contributed by atoms with Gasteiger partial charge in [0.15, 0.2) is 0 Å². The topological polar surface area (TPSA) is 68.6 Å². The number of benzene rings is 1. The molecule has 0 aliphatic heterocycles. The van der Waals surface area contributed by atoms with Crippen molar-refractivity contribution in [3.05, 3.63) is 53.0 Å². The Morgan fingerprint density at radius 2 is 2.05 bits per heavy atom. The fourth-order valence-corrected chi connectivity index (χ4v) is 2.42. The fraction of sp³-hybridized carbons (Fsp3) is 0.375. The van der Waals surface area contributed by atoms with Gasteiger partial charge in [0, 0.05) is 23.6 Å². The second kappa shape index (κ2) is 6.11. The number of hydrogen-bond acceptors (Lipinski definition) is 4. The van der Waals surface area contributed by atoms with E-state index in [1.54, 1.807) is 13.4 Å². The summed E-state index contributed by atoms with van der Waals surface area (Å²) in [5.74, 6) is 1.28. The predicted molar refractivity (Wildman–Crippen MR) is 77.9 cm³/mol. The smallest absolute Gasteiger partial charge is 0.122 e. The van der Waals surface area contributed by atoms with Crippen molar-refractivity contribution < 1.29 is 14.3 Å². The van der Waals surface area contributed by atoms with Gasteiger partial charge in [0.1, 0.15) is 11.5 Å². The van der Waals surface area contributed by atoms with Gasteiger partial charge < -0.3 is 20.0 Å². The number of aliphatic hydroxyl groups excluding tert-OH is 1. The molecule has 4 nitrogen and oxygen atoms in total. The number of methoxy groups -OCH3 is 1. The highest BCUT2D eigenvalue weighted by Gasteiger charge is 2.25. The number of ether oxygens (including phenoxy) is 1. The maximum atomic E-state index is 10.6. The first-order valence-electron chi connectivity index (χ1n) is 6.64. The van der Waals surface area contributed by atoms with E-state index in [1.807, 2.05) is 38.1 Å². The summed E-state index contributed by atoms with van der Waals surface area (Å²) in [6, 6.07) is 7.72. The molecule has 2 atom stereocenters. The van der Waals surface area contributed by atoms with Crippen molar-refractivity contribution >= 4 is 0 Å². The molecule has 2 unspecified atom stereocenters. The summed E-state index contributed by atoms with van der Waals surface area (Å²) >= 11 is 0. The first-order chi connectivity index (χ1) is 9.56. The molecular formula is C16H21NO3. The van der Waals surface area contributed by atoms with Crippen molar-refractivity contribution in [3.63, 3.8) is 0 Å². The Labute approximate surface area is 119 Å². The normalized spacial score (nSPS) is 14.1. The van der Waals surface area contributed by atoms with Crippen molar-refractivity contribution in [3.8, 4) is 5.75 Å². The van der Waals surface area contributed by atoms with Crippen LogP contribution in [0.4, 0.5) is 0 Å². The van der Waals surface area contributed by atoms with Crippen LogP contribution in [0.15, 0.2) is 34.9 Å². The van der Waals surface area contributed by atoms with E-state index in [2.05, 4.69) is 0 Å². The highest BCUT2D eigenvalue weighted by atomic mass is 16.5. The molecule has 2 aromatic rings. The third-order valence-corrected chi connectivity index (χ3v) is 3.51. The minimum Gasteiger partial charge on any atom is -0.496 e. The Morgan fingerprint density at radius 3 is 2.60 bits per heavy atom. The van der Waals surface area contributed by atoms with Crippen LogP contribution in [0.2, 0.25) is 0 Å². The van der Waals surface area contributed by atoms with Gasteiger partial charge in [-0.3, -0.25) is 0 Å². The minimum atomic E-state index is -0.715. The van der Waals surface area contributed by atoms with Crippen molar-refractivity contribution in [2.24, 2.45) is 5.73 Å². The van der Waals surface area contributed by atoms with Crippen LogP contribution in [-0.4, -0.2) is 18.8 Å². The predicted octanol–water partition coefficient (Wildman–Crippen LogP) is 2.68. The molecule has 0 amide bonds. The fourth-order valence-electron chi connectivity index (χ4n) is 2.42. The van der Waals surface area contributed by atoms with E-state index in [-0.39, 0.29) is 5.92 Å². The van der Waals surface area contributed by atoms with Crippen LogP contribution in [-0.2, 0) is 0 Å². The number of aryl methyl sites for hydroxylation is 2. The van der Waals surface area contributed by atoms with Crippen LogP contribution in [0.5, 0.6) is 5.75 Å². The van der Waals surface area contributed by atoms with E-state index in [4.69, 9.17) is 14.9 Å². The molecule has 0 saturated heterocycles. The molecule has 0 saturated carbocycles. The van der Waals surface area contributed by atoms with E-state index in [9.17, 15) is 5.11 Å². The molecule has 3 N–H and O–H groups in total. The average molecular weight is 275 g/mol. The SMILES string of the molecule is COc1ccc(C)cc1C(CN)C(O)c1coc(C)c1. The largest absolute Gasteiger partial charge is 0.496 e. The Hall–Kier alpha value is -1.78. The third-order valence-electron chi connectivity index (χ3n) is 3.51. The molecule has 0 aliphatic carbocycles. The van der Waals surface area contributed by atoms with Crippen LogP contribution in [0.25, 0.3) is 0 Å². The Morgan fingerprint density at radius 1 is 1.30 bits per heavy atom. The van der Waals surface area contributed by atoms with Gasteiger partial charge in [-0.25, -0.2) is 0 Å². The van der Waals surface area contributed by atoms with Gasteiger partial charge in [-0.05, 0) is 26.0 Å². The molecule has 0 aliphatic rings. The maximum Gasteiger partial charge on any atom is 0.122 e. The molecule has 1 heterocycles. The van der Waals surface area contributed by atoms with Crippen molar-refractivity contribution in [1.82, 2.24) is 0 Å². The molecule has 20 heavy (non-hydrogen) atoms. The van der Waals surface area contributed by atoms with Gasteiger partial charge in [0.25, 0.3) is 0 Å². The van der Waals surface area contributed by atoms with E-state index >= 15 is 0 Å². The molecule has 0 fully saturated rings. The number of nitrogens with two attached hydrogens (primary N) is 1. The third kappa shape index (κ3) is 2.86. The standard InChI is InChI=1S/C16H21NO3/c1-10-4-5-15(19-3)13(6-10)14(8-17)16(18)12-7-11(2)20-9-12/h4-7,9,14,16,18H,8,17H2,1-3H3. The number of rotatable bonds is 5. The quantitative estimate of drug-likeness (QED) is 0.880. The van der Waals surface area contributed by atoms with E-state index < -0.39 is 6.10 Å². The highest BCUT2D eigenvalue weighted by Crippen LogP contribution is 2.36. The molecule has 108 valence electrons. The van der Waals surface area contributed by atoms with Crippen LogP contribution in [0, 0.1) is 13.8 Å². The lowest BCUT2D eigenvalue weighted by Gasteiger charge is -2.23. The molecule has 0 radical (unpaired) electrons. The van der Waals surface area contributed by atoms with E-state index in [0.29, 0.717) is 6.54 Å². The summed E-state index contributed by atoms with van der Waals surface area (Å²) in [4.78, 5) is 0. The molecular weight excluding hydrogens is 254 g/mol. The number of hydrogen-bond donors (Lipinski definition) is 2. The number of aliphatic hydroxyl groups is 1. The maximum absolute atomic E-state index is 10.6. The second-order valence-corrected chi connectivity index (χ2v) is 5.02. The van der Waals surface area contributed by atoms with Gasteiger partial charge in [-0.1, -0.05) is 17.7 Å². The van der Waals surface area contributed by atoms with Crippen LogP contribution >= 0.6 is 0 Å². The summed E-state index contributed by atoms with van der Waals surface area (Å²) in [6.07, 6.45) is 0.860. The van der Waals surface area contributed by atoms with Crippen LogP contribution in [0.1, 0.15) is 34.5 Å². The molecule has 4 heteroatoms. The summed E-state index contributed by atoms with van der Waals surface area (Å²) in [7, 11) is 1.62. The summed E-state index contributed by atoms with van der Waals surface area (Å²) in [6.45, 7) is 4.18. The zero-order chi connectivity index (χ0) is 14.7. The molecule has 0 spiro atoms. The van der Waals surface area contributed by atoms with Crippen molar-refractivity contribution in [2.45, 2.75) is 25.9 Å². The second-order valence-electron chi connectivity index (χ2n) is 5.02. The van der Waals surface area contributed by atoms with Gasteiger partial charge in [0.2, 0.25) is 0 Å². The minimum absolute atomic E-state index is 0.234. The molecule has 1 aromatic carbocycles. The Balaban J connectivity index is 2.39. The van der Waals surface area contributed by atoms with Gasteiger partial charge in [-0.15, -0.1) is 0 Å². The lowest BCUT2D eigenvalue weighted by molar-refractivity contribution is 0.145. The molecule has 2 rings (SSSR count). The highest BCUT2D eigenvalue weighted by molar-refractivity contribution is 5.41. The molecule has 1 aromatic heterocycles. The Bertz CT molecular complexity index is 577. The van der Waals surface area contributed by atoms with Crippen LogP contribution < -0.4 is 10.5 Å². The zero-order valence-electron chi connectivity index (χ0n) is 12.1. The lowest BCUT2D eigenvalue weighted by atomic mass is 9.88. The summed E-state index contributed by atoms with van der Waals surface area (Å²) in [5.41, 5.74) is 8.64. The van der Waals surface area contributed by atoms with Crippen LogP contribution in [0.3, 0.4) is 0 Å². The first kappa shape index (κ1) is 14.6. The summed E-state index contributed by atoms with van der Waals surface area (Å²) < 4.78 is 10.6. The lowest BCUT2D eigenvalue weighted by Crippen LogP contribution is -2.20. The van der Waals surface area contributed by atoms with E-state index in [1.165, 1.54) is 0 Å². The van der Waals surface area contributed by atoms with Crippen molar-refractivity contribution in [1.29, 1.82) is 0 Å². The average Bonchev–Trinajstić information content (AvgIpc) is 2.86. The van der Waals surface area contributed by atoms with Crippen molar-refractivity contribution in [2.75, 3.05) is 13.7 Å². The van der Waals surface area contributed by atoms with Gasteiger partial charge in [-0.2, -0.15) is 0 Å². The van der Waals surface area contributed by atoms with Gasteiger partial charge in [0.05, 0.1) is 19.5 Å². The monoisotopic (exact) mass is 275 g/mol. The zero-order valence-corrected chi connectivity index (χ0v) is 12.1. The molecule has 0 bridgehead atoms. The Kier molecular flexibility index (Phi) is 4.47. The number of furan rings is 1. The van der Waals surface area contributed by atoms with E-state index in [0.717, 1.165) is 28.2 Å².